The van der Waals surface area contributed by atoms with Crippen molar-refractivity contribution in [1.82, 2.24) is 5.32 Å². The van der Waals surface area contributed by atoms with E-state index in [4.69, 9.17) is 4.99 Å². The van der Waals surface area contributed by atoms with E-state index in [1.807, 2.05) is 0 Å². The summed E-state index contributed by atoms with van der Waals surface area (Å²) in [5, 5.41) is 3.87. The van der Waals surface area contributed by atoms with Gasteiger partial charge >= 0.3 is 0 Å². The summed E-state index contributed by atoms with van der Waals surface area (Å²) in [6.45, 7) is 5.94. The molecule has 3 aliphatic carbocycles. The molecule has 0 aromatic rings. The van der Waals surface area contributed by atoms with Crippen molar-refractivity contribution >= 4 is 5.71 Å². The Labute approximate surface area is 134 Å². The molecule has 5 rings (SSSR count). The van der Waals surface area contributed by atoms with E-state index in [1.165, 1.54) is 32.1 Å². The summed E-state index contributed by atoms with van der Waals surface area (Å²) in [6.07, 6.45) is 12.8. The van der Waals surface area contributed by atoms with Crippen molar-refractivity contribution in [2.45, 2.75) is 64.0 Å². The fraction of sp³-hybridized carbons (Fsp3) is 0.750. The van der Waals surface area contributed by atoms with Gasteiger partial charge in [0.15, 0.2) is 0 Å². The molecule has 5 aliphatic rings. The molecule has 2 heterocycles. The zero-order valence-electron chi connectivity index (χ0n) is 13.9. The number of aliphatic imine (C=N–C) groups is 1. The molecule has 2 fully saturated rings. The van der Waals surface area contributed by atoms with Crippen LogP contribution >= 0.6 is 0 Å². The summed E-state index contributed by atoms with van der Waals surface area (Å²) in [5.41, 5.74) is 5.11. The largest absolute Gasteiger partial charge is 0.307 e. The summed E-state index contributed by atoms with van der Waals surface area (Å²) < 4.78 is 0. The second-order valence-corrected chi connectivity index (χ2v) is 8.74. The van der Waals surface area contributed by atoms with Crippen LogP contribution in [-0.4, -0.2) is 23.8 Å². The van der Waals surface area contributed by atoms with Crippen molar-refractivity contribution in [2.75, 3.05) is 6.54 Å². The lowest BCUT2D eigenvalue weighted by atomic mass is 9.63. The van der Waals surface area contributed by atoms with Gasteiger partial charge in [0.25, 0.3) is 0 Å². The van der Waals surface area contributed by atoms with Crippen molar-refractivity contribution in [2.24, 2.45) is 28.7 Å². The van der Waals surface area contributed by atoms with E-state index in [1.54, 1.807) is 16.9 Å². The molecule has 0 aromatic carbocycles. The van der Waals surface area contributed by atoms with Gasteiger partial charge in [-0.25, -0.2) is 0 Å². The molecule has 1 N–H and O–H groups in total. The third kappa shape index (κ3) is 1.92. The SMILES string of the molecule is CC1C2N=C3CC4=C(CC3C2CC2CC2)CC1(C)NCC=C4. The van der Waals surface area contributed by atoms with Crippen LogP contribution in [0, 0.1) is 23.7 Å². The smallest absolute Gasteiger partial charge is 0.0577 e. The van der Waals surface area contributed by atoms with Gasteiger partial charge in [-0.1, -0.05) is 37.5 Å². The monoisotopic (exact) mass is 296 g/mol. The normalized spacial score (nSPS) is 46.4. The fourth-order valence-electron chi connectivity index (χ4n) is 5.62. The maximum Gasteiger partial charge on any atom is 0.0577 e. The van der Waals surface area contributed by atoms with Crippen LogP contribution in [0.25, 0.3) is 0 Å². The number of nitrogens with zero attached hydrogens (tertiary/aromatic N) is 1. The van der Waals surface area contributed by atoms with E-state index in [0.717, 1.165) is 30.7 Å². The molecule has 2 nitrogen and oxygen atoms in total. The zero-order chi connectivity index (χ0) is 14.9. The molecule has 118 valence electrons. The molecule has 5 unspecified atom stereocenters. The minimum atomic E-state index is 0.214. The summed E-state index contributed by atoms with van der Waals surface area (Å²) in [6, 6.07) is 0.567. The lowest BCUT2D eigenvalue weighted by Crippen LogP contribution is -2.54. The minimum Gasteiger partial charge on any atom is -0.307 e. The number of nitrogens with one attached hydrogen (secondary N) is 1. The summed E-state index contributed by atoms with van der Waals surface area (Å²) in [4.78, 5) is 5.35. The predicted octanol–water partition coefficient (Wildman–Crippen LogP) is 3.89. The quantitative estimate of drug-likeness (QED) is 0.821. The Hall–Kier alpha value is -0.890. The van der Waals surface area contributed by atoms with Crippen LogP contribution < -0.4 is 5.32 Å². The van der Waals surface area contributed by atoms with E-state index in [9.17, 15) is 0 Å². The average Bonchev–Trinajstić information content (AvgIpc) is 3.22. The molecule has 2 heteroatoms. The second-order valence-electron chi connectivity index (χ2n) is 8.74. The molecule has 0 radical (unpaired) electrons. The molecule has 0 aromatic heterocycles. The van der Waals surface area contributed by atoms with Gasteiger partial charge in [-0.05, 0) is 49.5 Å². The minimum absolute atomic E-state index is 0.214. The van der Waals surface area contributed by atoms with Crippen molar-refractivity contribution in [3.05, 3.63) is 23.3 Å². The van der Waals surface area contributed by atoms with Gasteiger partial charge in [0.05, 0.1) is 6.04 Å². The van der Waals surface area contributed by atoms with Crippen LogP contribution in [0.5, 0.6) is 0 Å². The first-order valence-corrected chi connectivity index (χ1v) is 9.33. The summed E-state index contributed by atoms with van der Waals surface area (Å²) in [5.74, 6) is 3.27. The third-order valence-corrected chi connectivity index (χ3v) is 7.33. The average molecular weight is 296 g/mol. The molecular formula is C20H28N2. The molecule has 0 spiro atoms. The number of fused-ring (bicyclic) bond motifs is 2. The van der Waals surface area contributed by atoms with Gasteiger partial charge < -0.3 is 5.32 Å². The first-order chi connectivity index (χ1) is 10.6. The third-order valence-electron chi connectivity index (χ3n) is 7.33. The number of hydrogen-bond donors (Lipinski definition) is 1. The standard InChI is InChI=1S/C20H28N2/c1-12-19-17(8-13-5-6-13)16-9-15-11-20(12,2)21-7-3-4-14(15)10-18(16)22-19/h3-4,12-13,16-17,19,21H,5-11H2,1-2H3. The Bertz CT molecular complexity index is 595. The van der Waals surface area contributed by atoms with Gasteiger partial charge in [-0.3, -0.25) is 4.99 Å². The lowest BCUT2D eigenvalue weighted by molar-refractivity contribution is 0.153. The molecule has 0 amide bonds. The molecule has 2 aliphatic heterocycles. The Morgan fingerprint density at radius 3 is 3.05 bits per heavy atom. The first kappa shape index (κ1) is 13.5. The maximum atomic E-state index is 5.35. The van der Waals surface area contributed by atoms with Crippen LogP contribution in [-0.2, 0) is 0 Å². The molecule has 5 atom stereocenters. The van der Waals surface area contributed by atoms with Gasteiger partial charge in [0.2, 0.25) is 0 Å². The Balaban J connectivity index is 1.62. The first-order valence-electron chi connectivity index (χ1n) is 9.33. The van der Waals surface area contributed by atoms with Crippen LogP contribution in [0.1, 0.15) is 52.4 Å². The topological polar surface area (TPSA) is 24.4 Å². The van der Waals surface area contributed by atoms with Crippen molar-refractivity contribution in [1.29, 1.82) is 0 Å². The maximum absolute atomic E-state index is 5.35. The van der Waals surface area contributed by atoms with Gasteiger partial charge in [-0.15, -0.1) is 0 Å². The zero-order valence-corrected chi connectivity index (χ0v) is 13.9. The van der Waals surface area contributed by atoms with Crippen LogP contribution in [0.15, 0.2) is 28.3 Å². The highest BCUT2D eigenvalue weighted by molar-refractivity contribution is 5.93. The van der Waals surface area contributed by atoms with Crippen LogP contribution in [0.3, 0.4) is 0 Å². The van der Waals surface area contributed by atoms with E-state index < -0.39 is 0 Å². The Morgan fingerprint density at radius 1 is 1.36 bits per heavy atom. The Kier molecular flexibility index (Phi) is 2.81. The van der Waals surface area contributed by atoms with Crippen molar-refractivity contribution in [3.63, 3.8) is 0 Å². The number of hydrogen-bond acceptors (Lipinski definition) is 2. The van der Waals surface area contributed by atoms with E-state index in [2.05, 4.69) is 31.3 Å². The van der Waals surface area contributed by atoms with E-state index >= 15 is 0 Å². The highest BCUT2D eigenvalue weighted by Crippen LogP contribution is 2.53. The van der Waals surface area contributed by atoms with Crippen molar-refractivity contribution < 1.29 is 0 Å². The number of rotatable bonds is 2. The predicted molar refractivity (Wildman–Crippen MR) is 91.1 cm³/mol. The van der Waals surface area contributed by atoms with E-state index in [-0.39, 0.29) is 5.54 Å². The lowest BCUT2D eigenvalue weighted by Gasteiger charge is -2.46. The molecule has 0 saturated heterocycles. The van der Waals surface area contributed by atoms with Crippen LogP contribution in [0.2, 0.25) is 0 Å². The van der Waals surface area contributed by atoms with Crippen LogP contribution in [0.4, 0.5) is 0 Å². The van der Waals surface area contributed by atoms with E-state index in [0.29, 0.717) is 12.0 Å². The Morgan fingerprint density at radius 2 is 2.23 bits per heavy atom. The highest BCUT2D eigenvalue weighted by Gasteiger charge is 2.51. The van der Waals surface area contributed by atoms with Crippen molar-refractivity contribution in [3.8, 4) is 0 Å². The van der Waals surface area contributed by atoms with Gasteiger partial charge in [0, 0.05) is 30.1 Å². The number of allylic oxidation sites excluding steroid dienone is 2. The van der Waals surface area contributed by atoms with Gasteiger partial charge in [-0.2, -0.15) is 0 Å². The van der Waals surface area contributed by atoms with Gasteiger partial charge in [0.1, 0.15) is 0 Å². The molecule has 22 heavy (non-hydrogen) atoms. The summed E-state index contributed by atoms with van der Waals surface area (Å²) >= 11 is 0. The molecular weight excluding hydrogens is 268 g/mol. The second kappa shape index (κ2) is 4.56. The fourth-order valence-corrected chi connectivity index (χ4v) is 5.62. The molecule has 2 saturated carbocycles. The highest BCUT2D eigenvalue weighted by atomic mass is 15.0. The summed E-state index contributed by atoms with van der Waals surface area (Å²) in [7, 11) is 0. The molecule has 4 bridgehead atoms.